The second-order valence-corrected chi connectivity index (χ2v) is 6.33. The number of hydrogen-bond donors (Lipinski definition) is 3. The minimum absolute atomic E-state index is 0.193. The molecule has 1 unspecified atom stereocenters. The summed E-state index contributed by atoms with van der Waals surface area (Å²) in [5.74, 6) is -0.764. The second kappa shape index (κ2) is 17.3. The highest BCUT2D eigenvalue weighted by atomic mass is 16.4. The SMILES string of the molecule is CC/C=C\C[C@@H](O)/C=C/C=C\CC(O)/C=C/C=C/C=C(\C)CCCC(=O)O. The van der Waals surface area contributed by atoms with Crippen molar-refractivity contribution in [2.24, 2.45) is 0 Å². The van der Waals surface area contributed by atoms with Crippen molar-refractivity contribution in [3.8, 4) is 0 Å². The molecule has 0 saturated carbocycles. The molecule has 27 heavy (non-hydrogen) atoms. The number of carbonyl (C=O) groups is 1. The number of aliphatic hydroxyl groups excluding tert-OH is 2. The topological polar surface area (TPSA) is 77.8 Å². The maximum absolute atomic E-state index is 10.4. The van der Waals surface area contributed by atoms with E-state index >= 15 is 0 Å². The predicted octanol–water partition coefficient (Wildman–Crippen LogP) is 4.88. The number of aliphatic hydroxyl groups is 2. The van der Waals surface area contributed by atoms with E-state index in [0.717, 1.165) is 18.4 Å². The Kier molecular flexibility index (Phi) is 15.9. The summed E-state index contributed by atoms with van der Waals surface area (Å²) in [7, 11) is 0. The van der Waals surface area contributed by atoms with Crippen molar-refractivity contribution >= 4 is 5.97 Å². The summed E-state index contributed by atoms with van der Waals surface area (Å²) in [6, 6.07) is 0. The molecule has 0 aliphatic heterocycles. The third kappa shape index (κ3) is 18.4. The van der Waals surface area contributed by atoms with Gasteiger partial charge in [-0.25, -0.2) is 0 Å². The van der Waals surface area contributed by atoms with Gasteiger partial charge in [-0.15, -0.1) is 0 Å². The summed E-state index contributed by atoms with van der Waals surface area (Å²) >= 11 is 0. The van der Waals surface area contributed by atoms with Gasteiger partial charge < -0.3 is 15.3 Å². The molecule has 0 aliphatic carbocycles. The number of rotatable bonds is 14. The summed E-state index contributed by atoms with van der Waals surface area (Å²) in [5, 5.41) is 28.1. The lowest BCUT2D eigenvalue weighted by molar-refractivity contribution is -0.137. The Labute approximate surface area is 163 Å². The zero-order valence-corrected chi connectivity index (χ0v) is 16.5. The van der Waals surface area contributed by atoms with Crippen LogP contribution in [0.25, 0.3) is 0 Å². The molecule has 4 heteroatoms. The van der Waals surface area contributed by atoms with Crippen LogP contribution in [0.4, 0.5) is 0 Å². The number of aliphatic carboxylic acids is 1. The van der Waals surface area contributed by atoms with E-state index in [0.29, 0.717) is 19.3 Å². The molecule has 0 aromatic carbocycles. The van der Waals surface area contributed by atoms with E-state index in [9.17, 15) is 15.0 Å². The van der Waals surface area contributed by atoms with Gasteiger partial charge >= 0.3 is 5.97 Å². The van der Waals surface area contributed by atoms with Crippen LogP contribution in [0.3, 0.4) is 0 Å². The minimum Gasteiger partial charge on any atom is -0.481 e. The van der Waals surface area contributed by atoms with Gasteiger partial charge in [0.05, 0.1) is 12.2 Å². The molecule has 0 aromatic heterocycles. The average molecular weight is 375 g/mol. The van der Waals surface area contributed by atoms with Gasteiger partial charge in [0.15, 0.2) is 0 Å². The van der Waals surface area contributed by atoms with E-state index < -0.39 is 18.2 Å². The molecule has 0 heterocycles. The van der Waals surface area contributed by atoms with Gasteiger partial charge in [-0.1, -0.05) is 79.3 Å². The summed E-state index contributed by atoms with van der Waals surface area (Å²) in [5.41, 5.74) is 1.13. The Bertz CT molecular complexity index is 565. The van der Waals surface area contributed by atoms with Crippen molar-refractivity contribution in [2.45, 2.75) is 64.6 Å². The van der Waals surface area contributed by atoms with E-state index in [-0.39, 0.29) is 6.42 Å². The lowest BCUT2D eigenvalue weighted by Crippen LogP contribution is -1.99. The van der Waals surface area contributed by atoms with Crippen LogP contribution in [0.2, 0.25) is 0 Å². The van der Waals surface area contributed by atoms with Crippen LogP contribution >= 0.6 is 0 Å². The zero-order valence-electron chi connectivity index (χ0n) is 16.5. The van der Waals surface area contributed by atoms with Crippen LogP contribution < -0.4 is 0 Å². The van der Waals surface area contributed by atoms with E-state index in [1.165, 1.54) is 0 Å². The largest absolute Gasteiger partial charge is 0.481 e. The average Bonchev–Trinajstić information content (AvgIpc) is 2.61. The molecule has 0 aliphatic rings. The smallest absolute Gasteiger partial charge is 0.303 e. The van der Waals surface area contributed by atoms with Crippen molar-refractivity contribution in [1.29, 1.82) is 0 Å². The molecule has 0 bridgehead atoms. The summed E-state index contributed by atoms with van der Waals surface area (Å²) in [4.78, 5) is 10.4. The maximum atomic E-state index is 10.4. The molecule has 150 valence electrons. The first kappa shape index (κ1) is 24.8. The molecule has 4 nitrogen and oxygen atoms in total. The van der Waals surface area contributed by atoms with Gasteiger partial charge in [-0.3, -0.25) is 4.79 Å². The van der Waals surface area contributed by atoms with Crippen LogP contribution in [0, 0.1) is 0 Å². The number of carboxylic acid groups (broad SMARTS) is 1. The lowest BCUT2D eigenvalue weighted by atomic mass is 10.1. The summed E-state index contributed by atoms with van der Waals surface area (Å²) in [6.07, 6.45) is 23.0. The Morgan fingerprint density at radius 3 is 2.11 bits per heavy atom. The van der Waals surface area contributed by atoms with Crippen LogP contribution in [-0.2, 0) is 4.79 Å². The van der Waals surface area contributed by atoms with Gasteiger partial charge in [0, 0.05) is 6.42 Å². The van der Waals surface area contributed by atoms with Crippen molar-refractivity contribution in [3.05, 3.63) is 72.4 Å². The first-order valence-electron chi connectivity index (χ1n) is 9.52. The van der Waals surface area contributed by atoms with Gasteiger partial charge in [-0.2, -0.15) is 0 Å². The van der Waals surface area contributed by atoms with E-state index in [4.69, 9.17) is 5.11 Å². The molecular formula is C23H34O4. The first-order chi connectivity index (χ1) is 13.0. The predicted molar refractivity (Wildman–Crippen MR) is 112 cm³/mol. The van der Waals surface area contributed by atoms with Crippen molar-refractivity contribution in [3.63, 3.8) is 0 Å². The Hall–Kier alpha value is -2.17. The highest BCUT2D eigenvalue weighted by Gasteiger charge is 1.96. The molecule has 2 atom stereocenters. The lowest BCUT2D eigenvalue weighted by Gasteiger charge is -2.00. The molecule has 0 aromatic rings. The fourth-order valence-electron chi connectivity index (χ4n) is 2.13. The molecule has 0 radical (unpaired) electrons. The van der Waals surface area contributed by atoms with Gasteiger partial charge in [0.2, 0.25) is 0 Å². The zero-order chi connectivity index (χ0) is 20.3. The van der Waals surface area contributed by atoms with Gasteiger partial charge in [0.1, 0.15) is 0 Å². The number of hydrogen-bond acceptors (Lipinski definition) is 3. The van der Waals surface area contributed by atoms with E-state index in [1.807, 2.05) is 49.5 Å². The molecule has 0 rings (SSSR count). The number of carboxylic acids is 1. The fourth-order valence-corrected chi connectivity index (χ4v) is 2.13. The Balaban J connectivity index is 4.04. The quantitative estimate of drug-likeness (QED) is 0.299. The third-order valence-corrected chi connectivity index (χ3v) is 3.64. The first-order valence-corrected chi connectivity index (χ1v) is 9.52. The second-order valence-electron chi connectivity index (χ2n) is 6.33. The minimum atomic E-state index is -0.764. The standard InChI is InChI=1S/C23H34O4/c1-3-4-7-15-21(24)17-10-6-11-18-22(25)16-9-5-8-13-20(2)14-12-19-23(26)27/h4-11,13,16-17,21-22,24-25H,3,12,14-15,18-19H2,1-2H3,(H,26,27)/b7-4-,8-5+,11-6-,16-9+,17-10+,20-13+/t21-,22?/m1/s1. The van der Waals surface area contributed by atoms with Crippen molar-refractivity contribution in [2.75, 3.05) is 0 Å². The fraction of sp³-hybridized carbons (Fsp3) is 0.435. The van der Waals surface area contributed by atoms with Gasteiger partial charge in [0.25, 0.3) is 0 Å². The third-order valence-electron chi connectivity index (χ3n) is 3.64. The maximum Gasteiger partial charge on any atom is 0.303 e. The molecule has 0 saturated heterocycles. The van der Waals surface area contributed by atoms with Crippen LogP contribution in [0.1, 0.15) is 52.4 Å². The number of allylic oxidation sites excluding steroid dienone is 8. The normalized spacial score (nSPS) is 15.8. The molecule has 0 spiro atoms. The van der Waals surface area contributed by atoms with Gasteiger partial charge in [-0.05, 0) is 39.0 Å². The molecule has 0 fully saturated rings. The van der Waals surface area contributed by atoms with Crippen molar-refractivity contribution in [1.82, 2.24) is 0 Å². The van der Waals surface area contributed by atoms with Crippen molar-refractivity contribution < 1.29 is 20.1 Å². The van der Waals surface area contributed by atoms with Crippen LogP contribution in [0.15, 0.2) is 72.4 Å². The van der Waals surface area contributed by atoms with E-state index in [2.05, 4.69) is 6.92 Å². The summed E-state index contributed by atoms with van der Waals surface area (Å²) < 4.78 is 0. The molecule has 0 amide bonds. The highest BCUT2D eigenvalue weighted by Crippen LogP contribution is 2.06. The monoisotopic (exact) mass is 374 g/mol. The summed E-state index contributed by atoms with van der Waals surface area (Å²) in [6.45, 7) is 4.03. The molecular weight excluding hydrogens is 340 g/mol. The van der Waals surface area contributed by atoms with Crippen LogP contribution in [0.5, 0.6) is 0 Å². The highest BCUT2D eigenvalue weighted by molar-refractivity contribution is 5.66. The Morgan fingerprint density at radius 2 is 1.48 bits per heavy atom. The molecule has 3 N–H and O–H groups in total. The Morgan fingerprint density at radius 1 is 0.852 bits per heavy atom. The van der Waals surface area contributed by atoms with E-state index in [1.54, 1.807) is 24.3 Å². The van der Waals surface area contributed by atoms with Crippen LogP contribution in [-0.4, -0.2) is 33.5 Å².